The van der Waals surface area contributed by atoms with Gasteiger partial charge in [0.15, 0.2) is 0 Å². The van der Waals surface area contributed by atoms with Gasteiger partial charge in [0.2, 0.25) is 5.91 Å². The maximum atomic E-state index is 13.5. The van der Waals surface area contributed by atoms with Gasteiger partial charge in [-0.2, -0.15) is 0 Å². The molecule has 7 nitrogen and oxygen atoms in total. The van der Waals surface area contributed by atoms with Gasteiger partial charge in [-0.25, -0.2) is 4.90 Å². The van der Waals surface area contributed by atoms with Crippen molar-refractivity contribution in [3.05, 3.63) is 89.6 Å². The highest BCUT2D eigenvalue weighted by Gasteiger charge is 2.40. The van der Waals surface area contributed by atoms with Crippen LogP contribution in [0.5, 0.6) is 5.75 Å². The molecular weight excluding hydrogens is 418 g/mol. The van der Waals surface area contributed by atoms with Crippen molar-refractivity contribution in [3.8, 4) is 5.75 Å². The van der Waals surface area contributed by atoms with E-state index in [2.05, 4.69) is 10.6 Å². The van der Waals surface area contributed by atoms with E-state index in [4.69, 9.17) is 4.74 Å². The number of rotatable bonds is 6. The Bertz CT molecular complexity index is 1260. The predicted octanol–water partition coefficient (Wildman–Crippen LogP) is 4.36. The molecule has 0 bridgehead atoms. The van der Waals surface area contributed by atoms with Crippen molar-refractivity contribution in [1.29, 1.82) is 0 Å². The van der Waals surface area contributed by atoms with E-state index in [0.717, 1.165) is 10.5 Å². The van der Waals surface area contributed by atoms with Crippen molar-refractivity contribution >= 4 is 40.4 Å². The number of nitrogens with one attached hydrogen (secondary N) is 2. The Morgan fingerprint density at radius 1 is 0.879 bits per heavy atom. The smallest absolute Gasteiger partial charge is 0.282 e. The van der Waals surface area contributed by atoms with Crippen molar-refractivity contribution in [2.75, 3.05) is 22.6 Å². The SMILES string of the molecule is COc1ccccc1NC1=C(c2ccc(C)cc2)C(=O)N(c2ccc(NC(C)=O)cc2)C1=O. The van der Waals surface area contributed by atoms with E-state index in [0.29, 0.717) is 28.4 Å². The van der Waals surface area contributed by atoms with Crippen LogP contribution in [0.3, 0.4) is 0 Å². The molecule has 0 fully saturated rings. The van der Waals surface area contributed by atoms with E-state index in [9.17, 15) is 14.4 Å². The van der Waals surface area contributed by atoms with E-state index < -0.39 is 11.8 Å². The summed E-state index contributed by atoms with van der Waals surface area (Å²) in [6, 6.07) is 21.2. The third kappa shape index (κ3) is 4.34. The highest BCUT2D eigenvalue weighted by molar-refractivity contribution is 6.46. The number of hydrogen-bond acceptors (Lipinski definition) is 5. The number of methoxy groups -OCH3 is 1. The molecule has 4 rings (SSSR count). The lowest BCUT2D eigenvalue weighted by molar-refractivity contribution is -0.120. The van der Waals surface area contributed by atoms with Crippen LogP contribution in [0.1, 0.15) is 18.1 Å². The van der Waals surface area contributed by atoms with Crippen LogP contribution >= 0.6 is 0 Å². The van der Waals surface area contributed by atoms with Gasteiger partial charge in [0.25, 0.3) is 11.8 Å². The number of hydrogen-bond donors (Lipinski definition) is 2. The third-order valence-corrected chi connectivity index (χ3v) is 5.24. The zero-order valence-corrected chi connectivity index (χ0v) is 18.5. The predicted molar refractivity (Wildman–Crippen MR) is 128 cm³/mol. The van der Waals surface area contributed by atoms with Crippen LogP contribution in [0.4, 0.5) is 17.1 Å². The van der Waals surface area contributed by atoms with Gasteiger partial charge in [0.1, 0.15) is 11.4 Å². The van der Waals surface area contributed by atoms with Crippen molar-refractivity contribution in [2.45, 2.75) is 13.8 Å². The molecule has 0 aromatic heterocycles. The molecule has 3 aromatic rings. The average Bonchev–Trinajstić information content (AvgIpc) is 3.04. The minimum atomic E-state index is -0.478. The van der Waals surface area contributed by atoms with Crippen LogP contribution in [0.15, 0.2) is 78.5 Å². The highest BCUT2D eigenvalue weighted by Crippen LogP contribution is 2.36. The fraction of sp³-hybridized carbons (Fsp3) is 0.115. The first-order chi connectivity index (χ1) is 15.9. The van der Waals surface area contributed by atoms with Crippen LogP contribution in [-0.2, 0) is 14.4 Å². The molecular formula is C26H23N3O4. The lowest BCUT2D eigenvalue weighted by atomic mass is 10.0. The topological polar surface area (TPSA) is 87.7 Å². The first kappa shape index (κ1) is 21.8. The monoisotopic (exact) mass is 441 g/mol. The summed E-state index contributed by atoms with van der Waals surface area (Å²) in [6.45, 7) is 3.37. The van der Waals surface area contributed by atoms with Gasteiger partial charge in [-0.3, -0.25) is 14.4 Å². The number of para-hydroxylation sites is 2. The van der Waals surface area contributed by atoms with E-state index in [1.54, 1.807) is 43.5 Å². The van der Waals surface area contributed by atoms with Gasteiger partial charge in [-0.05, 0) is 48.9 Å². The number of benzene rings is 3. The Kier molecular flexibility index (Phi) is 5.95. The summed E-state index contributed by atoms with van der Waals surface area (Å²) >= 11 is 0. The van der Waals surface area contributed by atoms with Crippen LogP contribution in [0.25, 0.3) is 5.57 Å². The van der Waals surface area contributed by atoms with E-state index in [1.807, 2.05) is 43.3 Å². The van der Waals surface area contributed by atoms with Gasteiger partial charge in [0, 0.05) is 12.6 Å². The number of carbonyl (C=O) groups is 3. The summed E-state index contributed by atoms with van der Waals surface area (Å²) in [7, 11) is 1.54. The fourth-order valence-corrected chi connectivity index (χ4v) is 3.65. The third-order valence-electron chi connectivity index (χ3n) is 5.24. The quantitative estimate of drug-likeness (QED) is 0.555. The molecule has 3 amide bonds. The number of carbonyl (C=O) groups excluding carboxylic acids is 3. The normalized spacial score (nSPS) is 13.4. The summed E-state index contributed by atoms with van der Waals surface area (Å²) in [5, 5.41) is 5.80. The Morgan fingerprint density at radius 3 is 2.18 bits per heavy atom. The molecule has 3 aromatic carbocycles. The second-order valence-electron chi connectivity index (χ2n) is 7.62. The summed E-state index contributed by atoms with van der Waals surface area (Å²) in [6.07, 6.45) is 0. The molecule has 0 atom stereocenters. The van der Waals surface area contributed by atoms with E-state index >= 15 is 0 Å². The average molecular weight is 441 g/mol. The van der Waals surface area contributed by atoms with Gasteiger partial charge >= 0.3 is 0 Å². The number of aryl methyl sites for hydroxylation is 1. The summed E-state index contributed by atoms with van der Waals surface area (Å²) in [5.74, 6) is -0.573. The lowest BCUT2D eigenvalue weighted by Gasteiger charge is -2.16. The minimum absolute atomic E-state index is 0.166. The molecule has 7 heteroatoms. The standard InChI is InChI=1S/C26H23N3O4/c1-16-8-10-18(11-9-16)23-24(28-21-6-4-5-7-22(21)33-3)26(32)29(25(23)31)20-14-12-19(13-15-20)27-17(2)30/h4-15,28H,1-3H3,(H,27,30). The summed E-state index contributed by atoms with van der Waals surface area (Å²) in [4.78, 5) is 39.5. The summed E-state index contributed by atoms with van der Waals surface area (Å²) in [5.41, 5.74) is 3.67. The van der Waals surface area contributed by atoms with Crippen molar-refractivity contribution < 1.29 is 19.1 Å². The zero-order chi connectivity index (χ0) is 23.5. The Balaban J connectivity index is 1.77. The van der Waals surface area contributed by atoms with Crippen LogP contribution in [0, 0.1) is 6.92 Å². The fourth-order valence-electron chi connectivity index (χ4n) is 3.65. The molecule has 0 saturated heterocycles. The molecule has 0 aliphatic carbocycles. The lowest BCUT2D eigenvalue weighted by Crippen LogP contribution is -2.32. The van der Waals surface area contributed by atoms with Crippen molar-refractivity contribution in [1.82, 2.24) is 0 Å². The number of imide groups is 1. The van der Waals surface area contributed by atoms with Gasteiger partial charge < -0.3 is 15.4 Å². The first-order valence-corrected chi connectivity index (χ1v) is 10.4. The molecule has 33 heavy (non-hydrogen) atoms. The van der Waals surface area contributed by atoms with Crippen LogP contribution in [-0.4, -0.2) is 24.8 Å². The van der Waals surface area contributed by atoms with Crippen molar-refractivity contribution in [3.63, 3.8) is 0 Å². The largest absolute Gasteiger partial charge is 0.495 e. The van der Waals surface area contributed by atoms with Crippen LogP contribution in [0.2, 0.25) is 0 Å². The van der Waals surface area contributed by atoms with E-state index in [1.165, 1.54) is 6.92 Å². The number of ether oxygens (including phenoxy) is 1. The minimum Gasteiger partial charge on any atom is -0.495 e. The Hall–Kier alpha value is -4.39. The highest BCUT2D eigenvalue weighted by atomic mass is 16.5. The molecule has 1 aliphatic heterocycles. The maximum Gasteiger partial charge on any atom is 0.282 e. The number of nitrogens with zero attached hydrogens (tertiary/aromatic N) is 1. The Morgan fingerprint density at radius 2 is 1.55 bits per heavy atom. The second-order valence-corrected chi connectivity index (χ2v) is 7.62. The molecule has 2 N–H and O–H groups in total. The molecule has 0 spiro atoms. The zero-order valence-electron chi connectivity index (χ0n) is 18.5. The van der Waals surface area contributed by atoms with Gasteiger partial charge in [0.05, 0.1) is 24.1 Å². The van der Waals surface area contributed by atoms with Crippen LogP contribution < -0.4 is 20.3 Å². The first-order valence-electron chi connectivity index (χ1n) is 10.4. The number of anilines is 3. The molecule has 1 aliphatic rings. The molecule has 0 saturated carbocycles. The Labute approximate surface area is 191 Å². The van der Waals surface area contributed by atoms with Gasteiger partial charge in [-0.1, -0.05) is 42.0 Å². The summed E-state index contributed by atoms with van der Waals surface area (Å²) < 4.78 is 5.40. The van der Waals surface area contributed by atoms with E-state index in [-0.39, 0.29) is 17.2 Å². The molecule has 1 heterocycles. The number of amides is 3. The maximum absolute atomic E-state index is 13.5. The second kappa shape index (κ2) is 9.00. The van der Waals surface area contributed by atoms with Crippen molar-refractivity contribution in [2.24, 2.45) is 0 Å². The molecule has 166 valence electrons. The molecule has 0 radical (unpaired) electrons. The van der Waals surface area contributed by atoms with Gasteiger partial charge in [-0.15, -0.1) is 0 Å². The molecule has 0 unspecified atom stereocenters.